The molecule has 0 saturated carbocycles. The van der Waals surface area contributed by atoms with Crippen LogP contribution in [0.5, 0.6) is 0 Å². The fourth-order valence-corrected chi connectivity index (χ4v) is 4.23. The van der Waals surface area contributed by atoms with Gasteiger partial charge in [0.1, 0.15) is 0 Å². The minimum atomic E-state index is -3.62. The average molecular weight is 338 g/mol. The van der Waals surface area contributed by atoms with Gasteiger partial charge in [-0.15, -0.1) is 0 Å². The minimum absolute atomic E-state index is 0.0175. The van der Waals surface area contributed by atoms with Crippen molar-refractivity contribution in [2.45, 2.75) is 51.5 Å². The molecule has 0 spiro atoms. The van der Waals surface area contributed by atoms with E-state index in [0.717, 1.165) is 0 Å². The molecular weight excluding hydrogens is 317 g/mol. The lowest BCUT2D eigenvalue weighted by Gasteiger charge is -2.33. The van der Waals surface area contributed by atoms with Crippen LogP contribution in [0.15, 0.2) is 23.1 Å². The molecule has 114 valence electrons. The van der Waals surface area contributed by atoms with Crippen LogP contribution in [0.1, 0.15) is 41.0 Å². The van der Waals surface area contributed by atoms with Crippen molar-refractivity contribution in [3.05, 3.63) is 28.2 Å². The molecule has 0 saturated heterocycles. The van der Waals surface area contributed by atoms with Crippen LogP contribution in [-0.2, 0) is 10.0 Å². The molecule has 1 aromatic rings. The first-order chi connectivity index (χ1) is 8.82. The number of halogens is 2. The van der Waals surface area contributed by atoms with Crippen molar-refractivity contribution in [1.29, 1.82) is 0 Å². The summed E-state index contributed by atoms with van der Waals surface area (Å²) >= 11 is 11.7. The minimum Gasteiger partial charge on any atom is -0.207 e. The second-order valence-corrected chi connectivity index (χ2v) is 9.30. The number of benzene rings is 1. The SMILES string of the molecule is CC(C)(C)CC(C)(C)NS(=O)(=O)c1ccc(Cl)c(Cl)c1. The Labute approximate surface area is 131 Å². The normalized spacial score (nSPS) is 13.6. The third-order valence-corrected chi connectivity index (χ3v) is 5.02. The van der Waals surface area contributed by atoms with Crippen molar-refractivity contribution < 1.29 is 8.42 Å². The summed E-state index contributed by atoms with van der Waals surface area (Å²) in [6.07, 6.45) is 0.709. The fourth-order valence-electron chi connectivity index (χ4n) is 2.43. The lowest BCUT2D eigenvalue weighted by atomic mass is 9.82. The van der Waals surface area contributed by atoms with Gasteiger partial charge in [-0.25, -0.2) is 13.1 Å². The molecule has 20 heavy (non-hydrogen) atoms. The van der Waals surface area contributed by atoms with Crippen LogP contribution in [0.3, 0.4) is 0 Å². The molecule has 0 amide bonds. The van der Waals surface area contributed by atoms with E-state index >= 15 is 0 Å². The number of rotatable bonds is 4. The predicted octanol–water partition coefficient (Wildman–Crippen LogP) is 4.49. The Kier molecular flexibility index (Phi) is 5.18. The Hall–Kier alpha value is -0.290. The molecule has 0 atom stereocenters. The van der Waals surface area contributed by atoms with Gasteiger partial charge in [-0.05, 0) is 43.9 Å². The van der Waals surface area contributed by atoms with Gasteiger partial charge in [0.2, 0.25) is 10.0 Å². The topological polar surface area (TPSA) is 46.2 Å². The zero-order chi connectivity index (χ0) is 15.8. The molecule has 0 radical (unpaired) electrons. The average Bonchev–Trinajstić information content (AvgIpc) is 2.16. The van der Waals surface area contributed by atoms with Crippen molar-refractivity contribution in [2.75, 3.05) is 0 Å². The van der Waals surface area contributed by atoms with Crippen LogP contribution in [0.25, 0.3) is 0 Å². The molecule has 0 heterocycles. The zero-order valence-corrected chi connectivity index (χ0v) is 14.7. The maximum Gasteiger partial charge on any atom is 0.241 e. The van der Waals surface area contributed by atoms with Gasteiger partial charge in [-0.3, -0.25) is 0 Å². The molecule has 0 bridgehead atoms. The second kappa shape index (κ2) is 5.84. The summed E-state index contributed by atoms with van der Waals surface area (Å²) in [5, 5.41) is 0.558. The lowest BCUT2D eigenvalue weighted by molar-refractivity contribution is 0.269. The Morgan fingerprint density at radius 3 is 2.05 bits per heavy atom. The van der Waals surface area contributed by atoms with Crippen molar-refractivity contribution in [1.82, 2.24) is 4.72 Å². The van der Waals surface area contributed by atoms with Crippen molar-refractivity contribution >= 4 is 33.2 Å². The first-order valence-corrected chi connectivity index (χ1v) is 8.55. The van der Waals surface area contributed by atoms with E-state index in [9.17, 15) is 8.42 Å². The van der Waals surface area contributed by atoms with E-state index in [0.29, 0.717) is 11.4 Å². The summed E-state index contributed by atoms with van der Waals surface area (Å²) in [5.41, 5.74) is -0.535. The number of hydrogen-bond donors (Lipinski definition) is 1. The molecule has 1 aromatic carbocycles. The van der Waals surface area contributed by atoms with Crippen LogP contribution >= 0.6 is 23.2 Å². The highest BCUT2D eigenvalue weighted by Crippen LogP contribution is 2.29. The second-order valence-electron chi connectivity index (χ2n) is 6.80. The van der Waals surface area contributed by atoms with Crippen molar-refractivity contribution in [2.24, 2.45) is 5.41 Å². The molecule has 0 aliphatic heterocycles. The van der Waals surface area contributed by atoms with Crippen LogP contribution in [0.4, 0.5) is 0 Å². The van der Waals surface area contributed by atoms with Gasteiger partial charge in [0.25, 0.3) is 0 Å². The summed E-state index contributed by atoms with van der Waals surface area (Å²) < 4.78 is 27.5. The maximum absolute atomic E-state index is 12.4. The van der Waals surface area contributed by atoms with Gasteiger partial charge in [0, 0.05) is 5.54 Å². The summed E-state index contributed by atoms with van der Waals surface area (Å²) in [6.45, 7) is 9.95. The van der Waals surface area contributed by atoms with Gasteiger partial charge < -0.3 is 0 Å². The summed E-state index contributed by atoms with van der Waals surface area (Å²) in [6, 6.07) is 4.29. The first-order valence-electron chi connectivity index (χ1n) is 6.31. The van der Waals surface area contributed by atoms with Crippen molar-refractivity contribution in [3.63, 3.8) is 0 Å². The van der Waals surface area contributed by atoms with Gasteiger partial charge in [0.15, 0.2) is 0 Å². The van der Waals surface area contributed by atoms with Crippen molar-refractivity contribution in [3.8, 4) is 0 Å². The Morgan fingerprint density at radius 2 is 1.60 bits per heavy atom. The van der Waals surface area contributed by atoms with E-state index in [2.05, 4.69) is 25.5 Å². The van der Waals surface area contributed by atoms with E-state index in [1.165, 1.54) is 18.2 Å². The highest BCUT2D eigenvalue weighted by atomic mass is 35.5. The fraction of sp³-hybridized carbons (Fsp3) is 0.571. The molecule has 3 nitrogen and oxygen atoms in total. The van der Waals surface area contributed by atoms with E-state index < -0.39 is 15.6 Å². The van der Waals surface area contributed by atoms with E-state index in [4.69, 9.17) is 23.2 Å². The largest absolute Gasteiger partial charge is 0.241 e. The summed E-state index contributed by atoms with van der Waals surface area (Å²) in [5.74, 6) is 0. The third-order valence-electron chi connectivity index (χ3n) is 2.58. The highest BCUT2D eigenvalue weighted by molar-refractivity contribution is 7.89. The van der Waals surface area contributed by atoms with Crippen LogP contribution in [-0.4, -0.2) is 14.0 Å². The monoisotopic (exact) mass is 337 g/mol. The molecule has 0 aromatic heterocycles. The van der Waals surface area contributed by atoms with Gasteiger partial charge in [-0.2, -0.15) is 0 Å². The van der Waals surface area contributed by atoms with Gasteiger partial charge in [-0.1, -0.05) is 44.0 Å². The molecule has 0 aliphatic carbocycles. The lowest BCUT2D eigenvalue weighted by Crippen LogP contribution is -2.45. The van der Waals surface area contributed by atoms with Crippen LogP contribution in [0.2, 0.25) is 10.0 Å². The quantitative estimate of drug-likeness (QED) is 0.879. The number of sulfonamides is 1. The van der Waals surface area contributed by atoms with Crippen LogP contribution in [0, 0.1) is 5.41 Å². The predicted molar refractivity (Wildman–Crippen MR) is 84.9 cm³/mol. The molecule has 0 aliphatic rings. The van der Waals surface area contributed by atoms with E-state index in [-0.39, 0.29) is 15.3 Å². The smallest absolute Gasteiger partial charge is 0.207 e. The molecule has 6 heteroatoms. The van der Waals surface area contributed by atoms with Gasteiger partial charge >= 0.3 is 0 Å². The Bertz CT molecular complexity index is 590. The van der Waals surface area contributed by atoms with E-state index in [1.54, 1.807) is 0 Å². The number of hydrogen-bond acceptors (Lipinski definition) is 2. The molecule has 0 fully saturated rings. The molecule has 1 rings (SSSR count). The highest BCUT2D eigenvalue weighted by Gasteiger charge is 2.30. The maximum atomic E-state index is 12.4. The number of nitrogens with one attached hydrogen (secondary N) is 1. The Morgan fingerprint density at radius 1 is 1.05 bits per heavy atom. The molecule has 1 N–H and O–H groups in total. The Balaban J connectivity index is 3.03. The first kappa shape index (κ1) is 17.8. The van der Waals surface area contributed by atoms with Crippen LogP contribution < -0.4 is 4.72 Å². The summed E-state index contributed by atoms with van der Waals surface area (Å²) in [4.78, 5) is 0.119. The summed E-state index contributed by atoms with van der Waals surface area (Å²) in [7, 11) is -3.62. The third kappa shape index (κ3) is 5.24. The molecular formula is C14H21Cl2NO2S. The van der Waals surface area contributed by atoms with E-state index in [1.807, 2.05) is 13.8 Å². The zero-order valence-electron chi connectivity index (χ0n) is 12.4. The van der Waals surface area contributed by atoms with Gasteiger partial charge in [0.05, 0.1) is 14.9 Å². The standard InChI is InChI=1S/C14H21Cl2NO2S/c1-13(2,3)9-14(4,5)17-20(18,19)10-6-7-11(15)12(16)8-10/h6-8,17H,9H2,1-5H3. The molecule has 0 unspecified atom stereocenters.